The van der Waals surface area contributed by atoms with Crippen LogP contribution in [0.2, 0.25) is 0 Å². The molecule has 0 saturated carbocycles. The van der Waals surface area contributed by atoms with Gasteiger partial charge in [-0.3, -0.25) is 4.79 Å². The van der Waals surface area contributed by atoms with Gasteiger partial charge in [0.05, 0.1) is 18.0 Å². The summed E-state index contributed by atoms with van der Waals surface area (Å²) in [6, 6.07) is 23.0. The molecule has 1 heterocycles. The number of carbonyl (C=O) groups is 2. The van der Waals surface area contributed by atoms with E-state index in [2.05, 4.69) is 4.57 Å². The predicted molar refractivity (Wildman–Crippen MR) is 127 cm³/mol. The van der Waals surface area contributed by atoms with E-state index in [0.717, 1.165) is 39.2 Å². The van der Waals surface area contributed by atoms with Crippen LogP contribution < -0.4 is 15.2 Å². The number of primary amides is 1. The summed E-state index contributed by atoms with van der Waals surface area (Å²) in [7, 11) is 0. The van der Waals surface area contributed by atoms with E-state index in [0.29, 0.717) is 25.1 Å². The molecule has 0 aliphatic heterocycles. The normalized spacial score (nSPS) is 14.6. The van der Waals surface area contributed by atoms with Crippen molar-refractivity contribution in [3.63, 3.8) is 0 Å². The molecular weight excluding hydrogens is 432 g/mol. The van der Waals surface area contributed by atoms with Crippen molar-refractivity contribution in [2.45, 2.75) is 25.3 Å². The SMILES string of the molecule is NC(=O)C1CCc2c1c1c(OCC(=O)O)cccc1n2Cc1ccccc1Oc1ccccc1. The summed E-state index contributed by atoms with van der Waals surface area (Å²) < 4.78 is 13.9. The van der Waals surface area contributed by atoms with E-state index in [9.17, 15) is 9.59 Å². The number of benzene rings is 3. The highest BCUT2D eigenvalue weighted by Gasteiger charge is 2.34. The van der Waals surface area contributed by atoms with Crippen LogP contribution >= 0.6 is 0 Å². The molecule has 0 spiro atoms. The van der Waals surface area contributed by atoms with E-state index in [-0.39, 0.29) is 0 Å². The van der Waals surface area contributed by atoms with Crippen LogP contribution in [0.4, 0.5) is 0 Å². The third-order valence-electron chi connectivity index (χ3n) is 6.19. The summed E-state index contributed by atoms with van der Waals surface area (Å²) >= 11 is 0. The largest absolute Gasteiger partial charge is 0.481 e. The second-order valence-corrected chi connectivity index (χ2v) is 8.30. The lowest BCUT2D eigenvalue weighted by Gasteiger charge is -2.15. The molecule has 1 unspecified atom stereocenters. The Labute approximate surface area is 196 Å². The molecule has 172 valence electrons. The number of fused-ring (bicyclic) bond motifs is 3. The number of carbonyl (C=O) groups excluding carboxylic acids is 1. The van der Waals surface area contributed by atoms with E-state index in [4.69, 9.17) is 20.3 Å². The number of carboxylic acids is 1. The third-order valence-corrected chi connectivity index (χ3v) is 6.19. The van der Waals surface area contributed by atoms with Gasteiger partial charge in [-0.2, -0.15) is 0 Å². The van der Waals surface area contributed by atoms with Crippen LogP contribution in [-0.2, 0) is 22.6 Å². The van der Waals surface area contributed by atoms with Gasteiger partial charge < -0.3 is 24.9 Å². The molecular formula is C27H24N2O5. The fourth-order valence-corrected chi connectivity index (χ4v) is 4.77. The highest BCUT2D eigenvalue weighted by molar-refractivity contribution is 5.97. The first-order valence-corrected chi connectivity index (χ1v) is 11.1. The van der Waals surface area contributed by atoms with Crippen molar-refractivity contribution >= 4 is 22.8 Å². The summed E-state index contributed by atoms with van der Waals surface area (Å²) in [5.41, 5.74) is 9.44. The van der Waals surface area contributed by atoms with Gasteiger partial charge in [-0.1, -0.05) is 42.5 Å². The van der Waals surface area contributed by atoms with Gasteiger partial charge in [-0.25, -0.2) is 4.79 Å². The van der Waals surface area contributed by atoms with Crippen molar-refractivity contribution < 1.29 is 24.2 Å². The maximum absolute atomic E-state index is 12.3. The van der Waals surface area contributed by atoms with Gasteiger partial charge in [0.15, 0.2) is 6.61 Å². The molecule has 1 atom stereocenters. The van der Waals surface area contributed by atoms with Crippen molar-refractivity contribution in [1.29, 1.82) is 0 Å². The standard InChI is InChI=1S/C27H24N2O5/c28-27(32)19-13-14-21-25(19)26-20(10-6-12-23(26)33-16-24(30)31)29(21)15-17-7-4-5-11-22(17)34-18-8-2-1-3-9-18/h1-12,19H,13-16H2,(H2,28,32)(H,30,31). The van der Waals surface area contributed by atoms with Crippen molar-refractivity contribution in [3.05, 3.63) is 89.6 Å². The van der Waals surface area contributed by atoms with Gasteiger partial charge in [-0.15, -0.1) is 0 Å². The first-order chi connectivity index (χ1) is 16.5. The van der Waals surface area contributed by atoms with Crippen molar-refractivity contribution in [3.8, 4) is 17.2 Å². The van der Waals surface area contributed by atoms with E-state index in [1.54, 1.807) is 6.07 Å². The van der Waals surface area contributed by atoms with E-state index in [1.165, 1.54) is 0 Å². The number of hydrogen-bond acceptors (Lipinski definition) is 4. The summed E-state index contributed by atoms with van der Waals surface area (Å²) in [5.74, 6) is 0.0360. The molecule has 0 bridgehead atoms. The summed E-state index contributed by atoms with van der Waals surface area (Å²) in [6.45, 7) is 0.0523. The zero-order valence-electron chi connectivity index (χ0n) is 18.4. The van der Waals surface area contributed by atoms with Gasteiger partial charge in [-0.05, 0) is 48.7 Å². The summed E-state index contributed by atoms with van der Waals surface area (Å²) in [6.07, 6.45) is 1.31. The van der Waals surface area contributed by atoms with E-state index >= 15 is 0 Å². The zero-order valence-corrected chi connectivity index (χ0v) is 18.4. The van der Waals surface area contributed by atoms with Gasteiger partial charge >= 0.3 is 5.97 Å². The molecule has 7 heteroatoms. The van der Waals surface area contributed by atoms with Crippen molar-refractivity contribution in [2.75, 3.05) is 6.61 Å². The van der Waals surface area contributed by atoms with Crippen LogP contribution in [0.3, 0.4) is 0 Å². The lowest BCUT2D eigenvalue weighted by atomic mass is 9.99. The fourth-order valence-electron chi connectivity index (χ4n) is 4.77. The van der Waals surface area contributed by atoms with Crippen molar-refractivity contribution in [2.24, 2.45) is 5.73 Å². The maximum atomic E-state index is 12.3. The van der Waals surface area contributed by atoms with Gasteiger partial charge in [0.1, 0.15) is 17.2 Å². The first-order valence-electron chi connectivity index (χ1n) is 11.1. The van der Waals surface area contributed by atoms with Crippen LogP contribution in [-0.4, -0.2) is 28.2 Å². The van der Waals surface area contributed by atoms with Crippen molar-refractivity contribution in [1.82, 2.24) is 4.57 Å². The monoisotopic (exact) mass is 456 g/mol. The number of carboxylic acid groups (broad SMARTS) is 1. The molecule has 0 radical (unpaired) electrons. The van der Waals surface area contributed by atoms with E-state index < -0.39 is 24.4 Å². The van der Waals surface area contributed by atoms with Crippen LogP contribution in [0.25, 0.3) is 10.9 Å². The number of nitrogens with zero attached hydrogens (tertiary/aromatic N) is 1. The number of hydrogen-bond donors (Lipinski definition) is 2. The lowest BCUT2D eigenvalue weighted by Crippen LogP contribution is -2.19. The molecule has 34 heavy (non-hydrogen) atoms. The Morgan fingerprint density at radius 2 is 1.71 bits per heavy atom. The molecule has 3 aromatic carbocycles. The molecule has 0 fully saturated rings. The van der Waals surface area contributed by atoms with Gasteiger partial charge in [0, 0.05) is 16.6 Å². The second-order valence-electron chi connectivity index (χ2n) is 8.30. The molecule has 1 amide bonds. The Bertz CT molecular complexity index is 1380. The smallest absolute Gasteiger partial charge is 0.341 e. The molecule has 5 rings (SSSR count). The Kier molecular flexibility index (Phi) is 5.67. The number of amides is 1. The average Bonchev–Trinajstić information content (AvgIpc) is 3.39. The molecule has 1 aliphatic carbocycles. The molecule has 3 N–H and O–H groups in total. The highest BCUT2D eigenvalue weighted by atomic mass is 16.5. The van der Waals surface area contributed by atoms with Gasteiger partial charge in [0.25, 0.3) is 0 Å². The lowest BCUT2D eigenvalue weighted by molar-refractivity contribution is -0.139. The number of rotatable bonds is 8. The Hall–Kier alpha value is -4.26. The van der Waals surface area contributed by atoms with E-state index in [1.807, 2.05) is 66.7 Å². The molecule has 1 aliphatic rings. The summed E-state index contributed by atoms with van der Waals surface area (Å²) in [4.78, 5) is 23.4. The summed E-state index contributed by atoms with van der Waals surface area (Å²) in [5, 5.41) is 9.87. The Balaban J connectivity index is 1.61. The second kappa shape index (κ2) is 8.94. The minimum atomic E-state index is -1.06. The first kappa shape index (κ1) is 21.6. The topological polar surface area (TPSA) is 104 Å². The molecule has 0 saturated heterocycles. The minimum absolute atomic E-state index is 0.390. The fraction of sp³-hybridized carbons (Fsp3) is 0.185. The minimum Gasteiger partial charge on any atom is -0.481 e. The van der Waals surface area contributed by atoms with Gasteiger partial charge in [0.2, 0.25) is 5.91 Å². The quantitative estimate of drug-likeness (QED) is 0.407. The number of para-hydroxylation sites is 2. The maximum Gasteiger partial charge on any atom is 0.341 e. The molecule has 4 aromatic rings. The number of ether oxygens (including phenoxy) is 2. The predicted octanol–water partition coefficient (Wildman–Crippen LogP) is 4.46. The number of nitrogens with two attached hydrogens (primary N) is 1. The third kappa shape index (κ3) is 3.96. The average molecular weight is 456 g/mol. The van der Waals surface area contributed by atoms with Crippen LogP contribution in [0.15, 0.2) is 72.8 Å². The highest BCUT2D eigenvalue weighted by Crippen LogP contribution is 2.45. The van der Waals surface area contributed by atoms with Crippen LogP contribution in [0.5, 0.6) is 17.2 Å². The number of aliphatic carboxylic acids is 1. The Morgan fingerprint density at radius 3 is 2.47 bits per heavy atom. The zero-order chi connectivity index (χ0) is 23.7. The molecule has 7 nitrogen and oxygen atoms in total. The van der Waals surface area contributed by atoms with Crippen LogP contribution in [0.1, 0.15) is 29.2 Å². The van der Waals surface area contributed by atoms with Crippen LogP contribution in [0, 0.1) is 0 Å². The Morgan fingerprint density at radius 1 is 0.971 bits per heavy atom. The molecule has 1 aromatic heterocycles. The number of aromatic nitrogens is 1.